The van der Waals surface area contributed by atoms with Gasteiger partial charge in [-0.15, -0.1) is 0 Å². The summed E-state index contributed by atoms with van der Waals surface area (Å²) < 4.78 is 10.5. The maximum Gasteiger partial charge on any atom is 0.320 e. The Labute approximate surface area is 201 Å². The van der Waals surface area contributed by atoms with E-state index in [4.69, 9.17) is 9.47 Å². The molecule has 0 amide bonds. The zero-order valence-corrected chi connectivity index (χ0v) is 21.9. The summed E-state index contributed by atoms with van der Waals surface area (Å²) >= 11 is 0. The summed E-state index contributed by atoms with van der Waals surface area (Å²) in [6, 6.07) is 0. The molecular formula is C29H48O4. The van der Waals surface area contributed by atoms with Gasteiger partial charge in [-0.1, -0.05) is 33.6 Å². The molecule has 4 rings (SSSR count). The molecule has 0 heterocycles. The van der Waals surface area contributed by atoms with Gasteiger partial charge in [0.25, 0.3) is 0 Å². The van der Waals surface area contributed by atoms with Crippen LogP contribution < -0.4 is 0 Å². The summed E-state index contributed by atoms with van der Waals surface area (Å²) in [5.74, 6) is 2.86. The molecule has 4 aliphatic carbocycles. The number of fused-ring (bicyclic) bond motifs is 5. The van der Waals surface area contributed by atoms with Crippen molar-refractivity contribution in [1.29, 1.82) is 0 Å². The molecule has 4 nitrogen and oxygen atoms in total. The SMILES string of the molecule is CCOC(=O)C(CC(C)[C@H]1CCC2C3CC[C@@H]4CCCC[C@]4(C)C3CC[C@@]21C)C(=O)OCC. The van der Waals surface area contributed by atoms with Crippen LogP contribution in [-0.2, 0) is 19.1 Å². The van der Waals surface area contributed by atoms with E-state index in [0.29, 0.717) is 42.3 Å². The van der Waals surface area contributed by atoms with Crippen LogP contribution in [0.4, 0.5) is 0 Å². The average molecular weight is 461 g/mol. The van der Waals surface area contributed by atoms with E-state index in [1.807, 2.05) is 0 Å². The topological polar surface area (TPSA) is 52.6 Å². The van der Waals surface area contributed by atoms with Crippen LogP contribution in [0.5, 0.6) is 0 Å². The van der Waals surface area contributed by atoms with Crippen molar-refractivity contribution < 1.29 is 19.1 Å². The number of carbonyl (C=O) groups excluding carboxylic acids is 2. The third kappa shape index (κ3) is 4.38. The van der Waals surface area contributed by atoms with Crippen LogP contribution in [0.1, 0.15) is 105 Å². The largest absolute Gasteiger partial charge is 0.465 e. The van der Waals surface area contributed by atoms with E-state index < -0.39 is 17.9 Å². The zero-order chi connectivity index (χ0) is 23.8. The first kappa shape index (κ1) is 25.0. The molecule has 0 radical (unpaired) electrons. The highest BCUT2D eigenvalue weighted by Gasteiger charge is 2.60. The van der Waals surface area contributed by atoms with Gasteiger partial charge in [0.1, 0.15) is 0 Å². The second kappa shape index (κ2) is 9.90. The number of rotatable bonds is 7. The van der Waals surface area contributed by atoms with Crippen LogP contribution in [0.2, 0.25) is 0 Å². The molecule has 4 saturated carbocycles. The number of esters is 2. The molecular weight excluding hydrogens is 412 g/mol. The predicted octanol–water partition coefficient (Wildman–Crippen LogP) is 6.80. The number of carbonyl (C=O) groups is 2. The Morgan fingerprint density at radius 2 is 1.48 bits per heavy atom. The van der Waals surface area contributed by atoms with Crippen molar-refractivity contribution in [1.82, 2.24) is 0 Å². The van der Waals surface area contributed by atoms with Gasteiger partial charge in [-0.2, -0.15) is 0 Å². The maximum absolute atomic E-state index is 12.6. The quantitative estimate of drug-likeness (QED) is 0.309. The molecule has 0 aromatic rings. The number of ether oxygens (including phenoxy) is 2. The van der Waals surface area contributed by atoms with Crippen LogP contribution in [0, 0.1) is 52.3 Å². The standard InChI is InChI=1S/C29H48O4/c1-6-32-26(30)22(27(31)33-7-2)18-19(3)23-13-14-24-21-12-11-20-10-8-9-16-28(20,4)25(21)15-17-29(23,24)5/h19-25H,6-18H2,1-5H3/t19?,20-,21?,23+,24?,25?,28-,29+/m0/s1. The van der Waals surface area contributed by atoms with Crippen LogP contribution in [0.15, 0.2) is 0 Å². The fourth-order valence-corrected chi connectivity index (χ4v) is 9.58. The van der Waals surface area contributed by atoms with Crippen molar-refractivity contribution in [2.75, 3.05) is 13.2 Å². The van der Waals surface area contributed by atoms with Crippen LogP contribution >= 0.6 is 0 Å². The first-order valence-electron chi connectivity index (χ1n) is 14.1. The summed E-state index contributed by atoms with van der Waals surface area (Å²) in [7, 11) is 0. The molecule has 0 bridgehead atoms. The van der Waals surface area contributed by atoms with Gasteiger partial charge in [-0.05, 0) is 118 Å². The molecule has 4 fully saturated rings. The fourth-order valence-electron chi connectivity index (χ4n) is 9.58. The molecule has 0 aromatic carbocycles. The van der Waals surface area contributed by atoms with Gasteiger partial charge in [0.15, 0.2) is 5.92 Å². The third-order valence-corrected chi connectivity index (χ3v) is 11.1. The minimum atomic E-state index is -0.782. The normalized spacial score (nSPS) is 41.0. The monoisotopic (exact) mass is 460 g/mol. The van der Waals surface area contributed by atoms with Crippen LogP contribution in [0.25, 0.3) is 0 Å². The van der Waals surface area contributed by atoms with Crippen molar-refractivity contribution in [3.63, 3.8) is 0 Å². The maximum atomic E-state index is 12.6. The first-order chi connectivity index (χ1) is 15.8. The van der Waals surface area contributed by atoms with Crippen LogP contribution in [-0.4, -0.2) is 25.2 Å². The van der Waals surface area contributed by atoms with Crippen molar-refractivity contribution >= 4 is 11.9 Å². The Hall–Kier alpha value is -1.06. The predicted molar refractivity (Wildman–Crippen MR) is 130 cm³/mol. The highest BCUT2D eigenvalue weighted by Crippen LogP contribution is 2.68. The highest BCUT2D eigenvalue weighted by molar-refractivity contribution is 5.94. The van der Waals surface area contributed by atoms with Gasteiger partial charge >= 0.3 is 11.9 Å². The highest BCUT2D eigenvalue weighted by atomic mass is 16.6. The van der Waals surface area contributed by atoms with Crippen molar-refractivity contribution in [3.8, 4) is 0 Å². The Morgan fingerprint density at radius 1 is 0.818 bits per heavy atom. The average Bonchev–Trinajstić information content (AvgIpc) is 3.14. The summed E-state index contributed by atoms with van der Waals surface area (Å²) in [6.45, 7) is 11.7. The Morgan fingerprint density at radius 3 is 2.15 bits per heavy atom. The lowest BCUT2D eigenvalue weighted by Gasteiger charge is -2.61. The molecule has 0 aliphatic heterocycles. The molecule has 4 heteroatoms. The number of hydrogen-bond donors (Lipinski definition) is 0. The minimum Gasteiger partial charge on any atom is -0.465 e. The molecule has 0 N–H and O–H groups in total. The third-order valence-electron chi connectivity index (χ3n) is 11.1. The second-order valence-electron chi connectivity index (χ2n) is 12.4. The van der Waals surface area contributed by atoms with Crippen molar-refractivity contribution in [2.24, 2.45) is 52.3 Å². The summed E-state index contributed by atoms with van der Waals surface area (Å²) in [5.41, 5.74) is 0.914. The van der Waals surface area contributed by atoms with E-state index >= 15 is 0 Å². The second-order valence-corrected chi connectivity index (χ2v) is 12.4. The summed E-state index contributed by atoms with van der Waals surface area (Å²) in [4.78, 5) is 25.2. The molecule has 4 aliphatic rings. The van der Waals surface area contributed by atoms with E-state index in [-0.39, 0.29) is 0 Å². The Bertz CT molecular complexity index is 700. The molecule has 8 atom stereocenters. The zero-order valence-electron chi connectivity index (χ0n) is 21.9. The molecule has 0 spiro atoms. The van der Waals surface area contributed by atoms with E-state index in [1.165, 1.54) is 64.2 Å². The van der Waals surface area contributed by atoms with Gasteiger partial charge in [-0.25, -0.2) is 0 Å². The first-order valence-corrected chi connectivity index (χ1v) is 14.1. The minimum absolute atomic E-state index is 0.301. The summed E-state index contributed by atoms with van der Waals surface area (Å²) in [6.07, 6.45) is 14.5. The molecule has 188 valence electrons. The molecule has 33 heavy (non-hydrogen) atoms. The van der Waals surface area contributed by atoms with E-state index in [2.05, 4.69) is 20.8 Å². The molecule has 4 unspecified atom stereocenters. The van der Waals surface area contributed by atoms with Gasteiger partial charge in [0.2, 0.25) is 0 Å². The van der Waals surface area contributed by atoms with E-state index in [0.717, 1.165) is 23.7 Å². The van der Waals surface area contributed by atoms with E-state index in [9.17, 15) is 9.59 Å². The van der Waals surface area contributed by atoms with Crippen molar-refractivity contribution in [3.05, 3.63) is 0 Å². The molecule has 0 saturated heterocycles. The van der Waals surface area contributed by atoms with Gasteiger partial charge in [0.05, 0.1) is 13.2 Å². The van der Waals surface area contributed by atoms with Gasteiger partial charge in [-0.3, -0.25) is 9.59 Å². The lowest BCUT2D eigenvalue weighted by molar-refractivity contribution is -0.163. The number of hydrogen-bond acceptors (Lipinski definition) is 4. The smallest absolute Gasteiger partial charge is 0.320 e. The lowest BCUT2D eigenvalue weighted by Crippen LogP contribution is -2.53. The van der Waals surface area contributed by atoms with E-state index in [1.54, 1.807) is 13.8 Å². The van der Waals surface area contributed by atoms with Gasteiger partial charge in [0, 0.05) is 0 Å². The Kier molecular flexibility index (Phi) is 7.51. The summed E-state index contributed by atoms with van der Waals surface area (Å²) in [5, 5.41) is 0. The van der Waals surface area contributed by atoms with Gasteiger partial charge < -0.3 is 9.47 Å². The lowest BCUT2D eigenvalue weighted by atomic mass is 9.44. The van der Waals surface area contributed by atoms with Crippen molar-refractivity contribution in [2.45, 2.75) is 105 Å². The van der Waals surface area contributed by atoms with Crippen LogP contribution in [0.3, 0.4) is 0 Å². The molecule has 0 aromatic heterocycles. The fraction of sp³-hybridized carbons (Fsp3) is 0.931. The Balaban J connectivity index is 1.49.